The van der Waals surface area contributed by atoms with E-state index in [1.54, 1.807) is 19.4 Å². The van der Waals surface area contributed by atoms with Crippen molar-refractivity contribution in [2.24, 2.45) is 0 Å². The van der Waals surface area contributed by atoms with E-state index in [1.807, 2.05) is 54.7 Å². The second-order valence-electron chi connectivity index (χ2n) is 7.73. The first-order chi connectivity index (χ1) is 14.1. The van der Waals surface area contributed by atoms with Gasteiger partial charge < -0.3 is 4.74 Å². The summed E-state index contributed by atoms with van der Waals surface area (Å²) in [6.45, 7) is 2.06. The Kier molecular flexibility index (Phi) is 4.41. The highest BCUT2D eigenvalue weighted by atomic mass is 32.2. The maximum absolute atomic E-state index is 13.1. The molecule has 5 nitrogen and oxygen atoms in total. The summed E-state index contributed by atoms with van der Waals surface area (Å²) in [4.78, 5) is 6.93. The van der Waals surface area contributed by atoms with Crippen molar-refractivity contribution >= 4 is 9.84 Å². The molecule has 0 bridgehead atoms. The molecule has 0 N–H and O–H groups in total. The van der Waals surface area contributed by atoms with E-state index in [4.69, 9.17) is 4.74 Å². The van der Waals surface area contributed by atoms with Crippen molar-refractivity contribution in [3.63, 3.8) is 0 Å². The summed E-state index contributed by atoms with van der Waals surface area (Å²) >= 11 is 0. The van der Waals surface area contributed by atoms with Gasteiger partial charge in [0, 0.05) is 37.9 Å². The Hall–Kier alpha value is -2.70. The number of ether oxygens (including phenoxy) is 1. The van der Waals surface area contributed by atoms with Gasteiger partial charge in [0.25, 0.3) is 0 Å². The van der Waals surface area contributed by atoms with Crippen LogP contribution in [0.15, 0.2) is 71.9 Å². The molecule has 0 saturated carbocycles. The summed E-state index contributed by atoms with van der Waals surface area (Å²) in [7, 11) is -1.64. The predicted molar refractivity (Wildman–Crippen MR) is 112 cm³/mol. The van der Waals surface area contributed by atoms with Crippen molar-refractivity contribution in [3.05, 3.63) is 78.1 Å². The van der Waals surface area contributed by atoms with Crippen LogP contribution in [0.4, 0.5) is 0 Å². The summed E-state index contributed by atoms with van der Waals surface area (Å²) in [6, 6.07) is 17.6. The molecular weight excluding hydrogens is 384 g/mol. The minimum atomic E-state index is -3.30. The molecule has 0 radical (unpaired) electrons. The molecular formula is C23H22N2O3S. The number of nitrogens with zero attached hydrogens (tertiary/aromatic N) is 2. The zero-order chi connectivity index (χ0) is 20.0. The highest BCUT2D eigenvalue weighted by Gasteiger charge is 2.50. The third-order valence-corrected chi connectivity index (χ3v) is 8.28. The van der Waals surface area contributed by atoms with Crippen molar-refractivity contribution in [3.8, 4) is 16.9 Å². The van der Waals surface area contributed by atoms with Crippen molar-refractivity contribution in [1.29, 1.82) is 0 Å². The fourth-order valence-electron chi connectivity index (χ4n) is 4.56. The van der Waals surface area contributed by atoms with Gasteiger partial charge in [0.15, 0.2) is 9.84 Å². The number of pyridine rings is 1. The number of fused-ring (bicyclic) bond motifs is 3. The van der Waals surface area contributed by atoms with Crippen LogP contribution in [0.2, 0.25) is 0 Å². The molecule has 0 spiro atoms. The third kappa shape index (κ3) is 3.12. The molecule has 2 aromatic carbocycles. The highest BCUT2D eigenvalue weighted by Crippen LogP contribution is 2.46. The Morgan fingerprint density at radius 2 is 1.90 bits per heavy atom. The van der Waals surface area contributed by atoms with Gasteiger partial charge in [-0.15, -0.1) is 0 Å². The molecule has 3 aromatic rings. The van der Waals surface area contributed by atoms with E-state index in [0.717, 1.165) is 41.1 Å². The summed E-state index contributed by atoms with van der Waals surface area (Å²) in [5.41, 5.74) is 4.13. The van der Waals surface area contributed by atoms with Gasteiger partial charge in [-0.3, -0.25) is 9.88 Å². The van der Waals surface area contributed by atoms with Crippen LogP contribution in [-0.4, -0.2) is 43.8 Å². The van der Waals surface area contributed by atoms with Crippen LogP contribution in [0.1, 0.15) is 17.0 Å². The number of sulfone groups is 1. The lowest BCUT2D eigenvalue weighted by molar-refractivity contribution is 0.325. The molecule has 29 heavy (non-hydrogen) atoms. The quantitative estimate of drug-likeness (QED) is 0.664. The van der Waals surface area contributed by atoms with Gasteiger partial charge in [-0.05, 0) is 52.6 Å². The molecule has 0 amide bonds. The van der Waals surface area contributed by atoms with E-state index in [2.05, 4.69) is 9.88 Å². The first-order valence-electron chi connectivity index (χ1n) is 9.70. The van der Waals surface area contributed by atoms with Crippen LogP contribution < -0.4 is 4.74 Å². The lowest BCUT2D eigenvalue weighted by Gasteiger charge is -2.18. The smallest absolute Gasteiger partial charge is 0.183 e. The monoisotopic (exact) mass is 406 g/mol. The van der Waals surface area contributed by atoms with Crippen LogP contribution in [0.25, 0.3) is 11.1 Å². The summed E-state index contributed by atoms with van der Waals surface area (Å²) in [5, 5.41) is -0.361. The molecule has 1 aromatic heterocycles. The van der Waals surface area contributed by atoms with Gasteiger partial charge >= 0.3 is 0 Å². The fraction of sp³-hybridized carbons (Fsp3) is 0.261. The van der Waals surface area contributed by atoms with Gasteiger partial charge in [0.2, 0.25) is 0 Å². The Morgan fingerprint density at radius 3 is 2.62 bits per heavy atom. The second-order valence-corrected chi connectivity index (χ2v) is 9.86. The number of benzene rings is 2. The minimum absolute atomic E-state index is 0.0184. The first kappa shape index (κ1) is 18.3. The Balaban J connectivity index is 1.43. The van der Waals surface area contributed by atoms with Crippen molar-refractivity contribution in [2.45, 2.75) is 22.6 Å². The van der Waals surface area contributed by atoms with Crippen LogP contribution in [-0.2, 0) is 16.4 Å². The number of aromatic nitrogens is 1. The normalized spacial score (nSPS) is 22.2. The Morgan fingerprint density at radius 1 is 1.07 bits per heavy atom. The van der Waals surface area contributed by atoms with Gasteiger partial charge in [0.1, 0.15) is 5.75 Å². The maximum Gasteiger partial charge on any atom is 0.183 e. The number of methoxy groups -OCH3 is 1. The Bertz CT molecular complexity index is 1140. The SMILES string of the molecule is COc1ccc(CN2C[C@@H]3c4cc(-c5cccnc5)ccc4S(=O)(=O)[C@H]3C2)cc1. The fourth-order valence-corrected chi connectivity index (χ4v) is 6.75. The number of hydrogen-bond acceptors (Lipinski definition) is 5. The standard InChI is InChI=1S/C23H22N2O3S/c1-28-19-7-4-16(5-8-19)13-25-14-21-20-11-17(18-3-2-10-24-12-18)6-9-22(20)29(26,27)23(21)15-25/h2-12,21,23H,13-15H2,1H3/t21-,23+/m1/s1. The summed E-state index contributed by atoms with van der Waals surface area (Å²) < 4.78 is 31.5. The first-order valence-corrected chi connectivity index (χ1v) is 11.2. The van der Waals surface area contributed by atoms with Gasteiger partial charge in [-0.1, -0.05) is 24.3 Å². The highest BCUT2D eigenvalue weighted by molar-refractivity contribution is 7.92. The lowest BCUT2D eigenvalue weighted by Crippen LogP contribution is -2.25. The van der Waals surface area contributed by atoms with Crippen molar-refractivity contribution in [2.75, 3.05) is 20.2 Å². The molecule has 5 rings (SSSR count). The lowest BCUT2D eigenvalue weighted by atomic mass is 9.95. The van der Waals surface area contributed by atoms with E-state index < -0.39 is 9.84 Å². The number of hydrogen-bond donors (Lipinski definition) is 0. The molecule has 3 heterocycles. The molecule has 1 fully saturated rings. The zero-order valence-electron chi connectivity index (χ0n) is 16.2. The van der Waals surface area contributed by atoms with E-state index >= 15 is 0 Å². The average molecular weight is 407 g/mol. The average Bonchev–Trinajstić information content (AvgIpc) is 3.26. The zero-order valence-corrected chi connectivity index (χ0v) is 17.0. The molecule has 2 aliphatic rings. The summed E-state index contributed by atoms with van der Waals surface area (Å²) in [5.74, 6) is 0.844. The van der Waals surface area contributed by atoms with Crippen LogP contribution in [0.5, 0.6) is 5.75 Å². The minimum Gasteiger partial charge on any atom is -0.497 e. The molecule has 2 aliphatic heterocycles. The largest absolute Gasteiger partial charge is 0.497 e. The van der Waals surface area contributed by atoms with Gasteiger partial charge in [-0.25, -0.2) is 8.42 Å². The van der Waals surface area contributed by atoms with E-state index in [0.29, 0.717) is 11.4 Å². The maximum atomic E-state index is 13.1. The van der Waals surface area contributed by atoms with Crippen LogP contribution in [0.3, 0.4) is 0 Å². The molecule has 148 valence electrons. The molecule has 2 atom stereocenters. The van der Waals surface area contributed by atoms with Crippen LogP contribution in [0, 0.1) is 0 Å². The predicted octanol–water partition coefficient (Wildman–Crippen LogP) is 3.51. The molecule has 6 heteroatoms. The van der Waals surface area contributed by atoms with Gasteiger partial charge in [-0.2, -0.15) is 0 Å². The van der Waals surface area contributed by atoms with Crippen molar-refractivity contribution in [1.82, 2.24) is 9.88 Å². The van der Waals surface area contributed by atoms with E-state index in [1.165, 1.54) is 0 Å². The third-order valence-electron chi connectivity index (χ3n) is 6.02. The number of likely N-dealkylation sites (tertiary alicyclic amines) is 1. The Labute approximate surface area is 170 Å². The van der Waals surface area contributed by atoms with E-state index in [-0.39, 0.29) is 11.2 Å². The molecule has 1 saturated heterocycles. The molecule has 0 aliphatic carbocycles. The second kappa shape index (κ2) is 6.97. The van der Waals surface area contributed by atoms with Crippen LogP contribution >= 0.6 is 0 Å². The van der Waals surface area contributed by atoms with Gasteiger partial charge in [0.05, 0.1) is 17.3 Å². The summed E-state index contributed by atoms with van der Waals surface area (Å²) in [6.07, 6.45) is 3.55. The van der Waals surface area contributed by atoms with Crippen molar-refractivity contribution < 1.29 is 13.2 Å². The topological polar surface area (TPSA) is 59.5 Å². The molecule has 0 unspecified atom stereocenters. The van der Waals surface area contributed by atoms with E-state index in [9.17, 15) is 8.42 Å². The number of rotatable bonds is 4.